The van der Waals surface area contributed by atoms with Crippen molar-refractivity contribution in [3.8, 4) is 16.3 Å². The third kappa shape index (κ3) is 5.40. The van der Waals surface area contributed by atoms with Crippen LogP contribution >= 0.6 is 23.9 Å². The molecule has 1 aromatic carbocycles. The number of ether oxygens (including phenoxy) is 1. The summed E-state index contributed by atoms with van der Waals surface area (Å²) in [7, 11) is 0. The predicted octanol–water partition coefficient (Wildman–Crippen LogP) is 4.77. The van der Waals surface area contributed by atoms with Gasteiger partial charge in [0.15, 0.2) is 0 Å². The van der Waals surface area contributed by atoms with E-state index < -0.39 is 46.2 Å². The van der Waals surface area contributed by atoms with Crippen LogP contribution in [0.3, 0.4) is 0 Å². The minimum atomic E-state index is -4.94. The molecule has 0 spiro atoms. The van der Waals surface area contributed by atoms with Gasteiger partial charge in [-0.25, -0.2) is 13.8 Å². The Bertz CT molecular complexity index is 1130. The summed E-state index contributed by atoms with van der Waals surface area (Å²) in [4.78, 5) is 16.3. The molecule has 2 N–H and O–H groups in total. The van der Waals surface area contributed by atoms with Crippen molar-refractivity contribution in [1.82, 2.24) is 14.7 Å². The molecule has 3 heterocycles. The summed E-state index contributed by atoms with van der Waals surface area (Å²) in [5, 5.41) is 5.90. The molecule has 0 atom stereocenters. The summed E-state index contributed by atoms with van der Waals surface area (Å²) < 4.78 is 78.4. The van der Waals surface area contributed by atoms with Crippen LogP contribution in [0.25, 0.3) is 11.3 Å². The number of carbonyl (C=O) groups is 1. The molecule has 1 saturated heterocycles. The Morgan fingerprint density at radius 3 is 2.48 bits per heavy atom. The van der Waals surface area contributed by atoms with E-state index in [1.54, 1.807) is 0 Å². The maximum Gasteiger partial charge on any atom is 0.418 e. The Balaban J connectivity index is 0.00000306. The lowest BCUT2D eigenvalue weighted by molar-refractivity contribution is -0.137. The Hall–Kier alpha value is -2.83. The largest absolute Gasteiger partial charge is 0.481 e. The first-order valence-corrected chi connectivity index (χ1v) is 10.1. The highest BCUT2D eigenvalue weighted by Gasteiger charge is 2.36. The fraction of sp³-hybridized carbons (Fsp3) is 0.250. The number of hydrogen-bond acceptors (Lipinski definition) is 6. The zero-order valence-corrected chi connectivity index (χ0v) is 18.2. The minimum Gasteiger partial charge on any atom is -0.481 e. The molecule has 0 saturated carbocycles. The van der Waals surface area contributed by atoms with Crippen LogP contribution < -0.4 is 15.4 Å². The molecule has 4 rings (SSSR count). The van der Waals surface area contributed by atoms with E-state index in [4.69, 9.17) is 4.74 Å². The van der Waals surface area contributed by atoms with E-state index in [-0.39, 0.29) is 18.1 Å². The van der Waals surface area contributed by atoms with Gasteiger partial charge in [-0.3, -0.25) is 4.79 Å². The van der Waals surface area contributed by atoms with E-state index >= 15 is 0 Å². The molecule has 6 nitrogen and oxygen atoms in total. The lowest BCUT2D eigenvalue weighted by atomic mass is 10.0. The monoisotopic (exact) mass is 506 g/mol. The second-order valence-electron chi connectivity index (χ2n) is 7.00. The highest BCUT2D eigenvalue weighted by Crippen LogP contribution is 2.38. The molecule has 1 aliphatic heterocycles. The number of aromatic nitrogens is 2. The summed E-state index contributed by atoms with van der Waals surface area (Å²) in [6, 6.07) is 4.04. The molecule has 33 heavy (non-hydrogen) atoms. The van der Waals surface area contributed by atoms with Crippen molar-refractivity contribution in [3.63, 3.8) is 0 Å². The molecule has 3 aromatic rings. The fourth-order valence-electron chi connectivity index (χ4n) is 2.99. The van der Waals surface area contributed by atoms with Gasteiger partial charge in [-0.2, -0.15) is 17.5 Å². The fourth-order valence-corrected chi connectivity index (χ4v) is 3.57. The molecule has 176 valence electrons. The van der Waals surface area contributed by atoms with Gasteiger partial charge in [0.2, 0.25) is 5.06 Å². The zero-order valence-electron chi connectivity index (χ0n) is 16.6. The summed E-state index contributed by atoms with van der Waals surface area (Å²) >= 11 is 0.997. The van der Waals surface area contributed by atoms with Crippen molar-refractivity contribution in [1.29, 1.82) is 0 Å². The van der Waals surface area contributed by atoms with Crippen molar-refractivity contribution in [2.24, 2.45) is 5.92 Å². The number of nitrogens with zero attached hydrogens (tertiary/aromatic N) is 2. The second-order valence-corrected chi connectivity index (χ2v) is 7.77. The minimum absolute atomic E-state index is 0. The number of rotatable bonds is 6. The third-order valence-corrected chi connectivity index (χ3v) is 5.45. The van der Waals surface area contributed by atoms with Crippen LogP contribution in [0.2, 0.25) is 0 Å². The van der Waals surface area contributed by atoms with Crippen molar-refractivity contribution in [2.45, 2.75) is 6.18 Å². The third-order valence-electron chi connectivity index (χ3n) is 4.73. The quantitative estimate of drug-likeness (QED) is 0.471. The van der Waals surface area contributed by atoms with Gasteiger partial charge in [-0.15, -0.1) is 12.4 Å². The maximum absolute atomic E-state index is 14.2. The summed E-state index contributed by atoms with van der Waals surface area (Å²) in [5.74, 6) is -3.02. The van der Waals surface area contributed by atoms with Gasteiger partial charge in [0.1, 0.15) is 23.0 Å². The standard InChI is InChI=1S/C20H15F5N4O2S.ClH/c21-12-2-1-3-13(22)16(12)17-11(20(23,24)25)4-5-14(28-17)18(30)29-15-8-27-32-19(15)31-9-10-6-26-7-10;/h1-5,8,10,26H,6-7,9H2,(H,29,30);1H. The molecule has 1 fully saturated rings. The number of benzene rings is 1. The summed E-state index contributed by atoms with van der Waals surface area (Å²) in [5.41, 5.74) is -3.60. The highest BCUT2D eigenvalue weighted by atomic mass is 35.5. The normalized spacial score (nSPS) is 13.7. The van der Waals surface area contributed by atoms with Crippen molar-refractivity contribution in [3.05, 3.63) is 59.4 Å². The van der Waals surface area contributed by atoms with Crippen molar-refractivity contribution in [2.75, 3.05) is 25.0 Å². The topological polar surface area (TPSA) is 76.1 Å². The van der Waals surface area contributed by atoms with Gasteiger partial charge in [-0.1, -0.05) is 6.07 Å². The molecule has 2 aromatic heterocycles. The average molecular weight is 507 g/mol. The average Bonchev–Trinajstić information content (AvgIpc) is 3.12. The van der Waals surface area contributed by atoms with Gasteiger partial charge in [-0.05, 0) is 24.3 Å². The van der Waals surface area contributed by atoms with Crippen LogP contribution in [0.4, 0.5) is 27.6 Å². The van der Waals surface area contributed by atoms with Crippen molar-refractivity contribution < 1.29 is 31.5 Å². The number of amides is 1. The first-order chi connectivity index (χ1) is 15.2. The molecule has 0 radical (unpaired) electrons. The predicted molar refractivity (Wildman–Crippen MR) is 114 cm³/mol. The summed E-state index contributed by atoms with van der Waals surface area (Å²) in [6.45, 7) is 2.03. The number of hydrogen-bond donors (Lipinski definition) is 2. The van der Waals surface area contributed by atoms with Gasteiger partial charge in [0.25, 0.3) is 5.91 Å². The van der Waals surface area contributed by atoms with E-state index in [9.17, 15) is 26.7 Å². The number of alkyl halides is 3. The van der Waals surface area contributed by atoms with Crippen molar-refractivity contribution >= 4 is 35.5 Å². The smallest absolute Gasteiger partial charge is 0.418 e. The number of carbonyl (C=O) groups excluding carboxylic acids is 1. The Morgan fingerprint density at radius 2 is 1.88 bits per heavy atom. The van der Waals surface area contributed by atoms with Crippen LogP contribution in [-0.2, 0) is 6.18 Å². The van der Waals surface area contributed by atoms with Gasteiger partial charge >= 0.3 is 6.18 Å². The molecule has 1 amide bonds. The van der Waals surface area contributed by atoms with Crippen LogP contribution in [0, 0.1) is 17.6 Å². The number of anilines is 1. The molecule has 0 bridgehead atoms. The van der Waals surface area contributed by atoms with Crippen LogP contribution in [0.5, 0.6) is 5.06 Å². The molecular weight excluding hydrogens is 491 g/mol. The number of halogens is 6. The van der Waals surface area contributed by atoms with Crippen LogP contribution in [-0.4, -0.2) is 35.0 Å². The number of nitrogens with one attached hydrogen (secondary N) is 2. The second kappa shape index (κ2) is 9.98. The van der Waals surface area contributed by atoms with Gasteiger partial charge < -0.3 is 15.4 Å². The van der Waals surface area contributed by atoms with E-state index in [2.05, 4.69) is 20.0 Å². The van der Waals surface area contributed by atoms with Crippen LogP contribution in [0.15, 0.2) is 36.5 Å². The first kappa shape index (κ1) is 24.8. The molecule has 1 aliphatic rings. The lowest BCUT2D eigenvalue weighted by Gasteiger charge is -2.26. The van der Waals surface area contributed by atoms with E-state index in [0.29, 0.717) is 23.7 Å². The first-order valence-electron chi connectivity index (χ1n) is 9.36. The summed E-state index contributed by atoms with van der Waals surface area (Å²) in [6.07, 6.45) is -3.61. The lowest BCUT2D eigenvalue weighted by Crippen LogP contribution is -2.45. The Labute approximate surface area is 194 Å². The Morgan fingerprint density at radius 1 is 1.18 bits per heavy atom. The highest BCUT2D eigenvalue weighted by molar-refractivity contribution is 7.08. The van der Waals surface area contributed by atoms with E-state index in [1.165, 1.54) is 6.20 Å². The maximum atomic E-state index is 14.2. The Kier molecular flexibility index (Phi) is 7.50. The van der Waals surface area contributed by atoms with E-state index in [1.807, 2.05) is 0 Å². The van der Waals surface area contributed by atoms with Crippen LogP contribution in [0.1, 0.15) is 16.1 Å². The SMILES string of the molecule is Cl.O=C(Nc1cnsc1OCC1CNC1)c1ccc(C(F)(F)F)c(-c2c(F)cccc2F)n1. The van der Waals surface area contributed by atoms with Gasteiger partial charge in [0, 0.05) is 30.5 Å². The number of pyridine rings is 1. The molecule has 0 aliphatic carbocycles. The van der Waals surface area contributed by atoms with E-state index in [0.717, 1.165) is 48.9 Å². The molecule has 13 heteroatoms. The zero-order chi connectivity index (χ0) is 22.9. The molecular formula is C20H16ClF5N4O2S. The van der Waals surface area contributed by atoms with Gasteiger partial charge in [0.05, 0.1) is 29.6 Å². The molecule has 0 unspecified atom stereocenters.